The van der Waals surface area contributed by atoms with Gasteiger partial charge in [0, 0.05) is 26.1 Å². The topological polar surface area (TPSA) is 32.3 Å². The van der Waals surface area contributed by atoms with Gasteiger partial charge in [-0.2, -0.15) is 0 Å². The molecule has 3 nitrogen and oxygen atoms in total. The average molecular weight is 250 g/mol. The minimum absolute atomic E-state index is 0.355. The first kappa shape index (κ1) is 12.5. The molecule has 1 saturated heterocycles. The van der Waals surface area contributed by atoms with Gasteiger partial charge in [-0.3, -0.25) is 4.79 Å². The molecule has 3 fully saturated rings. The zero-order valence-electron chi connectivity index (χ0n) is 11.4. The lowest BCUT2D eigenvalue weighted by atomic mass is 9.89. The summed E-state index contributed by atoms with van der Waals surface area (Å²) in [6, 6.07) is 0. The smallest absolute Gasteiger partial charge is 0.223 e. The molecular weight excluding hydrogens is 224 g/mol. The highest BCUT2D eigenvalue weighted by Crippen LogP contribution is 2.47. The summed E-state index contributed by atoms with van der Waals surface area (Å²) in [6.45, 7) is 4.01. The molecule has 0 aromatic carbocycles. The number of rotatable bonds is 5. The summed E-state index contributed by atoms with van der Waals surface area (Å²) in [5, 5.41) is 3.52. The van der Waals surface area contributed by atoms with Gasteiger partial charge in [-0.05, 0) is 56.4 Å². The summed E-state index contributed by atoms with van der Waals surface area (Å²) in [5.74, 6) is 3.29. The Balaban J connectivity index is 1.29. The van der Waals surface area contributed by atoms with Crippen molar-refractivity contribution in [2.45, 2.75) is 44.9 Å². The van der Waals surface area contributed by atoms with Crippen molar-refractivity contribution >= 4 is 5.91 Å². The van der Waals surface area contributed by atoms with Crippen LogP contribution in [-0.2, 0) is 4.79 Å². The van der Waals surface area contributed by atoms with Gasteiger partial charge in [0.1, 0.15) is 0 Å². The number of nitrogens with zero attached hydrogens (tertiary/aromatic N) is 1. The van der Waals surface area contributed by atoms with Gasteiger partial charge < -0.3 is 10.2 Å². The third kappa shape index (κ3) is 2.71. The van der Waals surface area contributed by atoms with Crippen LogP contribution in [0.3, 0.4) is 0 Å². The van der Waals surface area contributed by atoms with Crippen LogP contribution in [-0.4, -0.2) is 37.0 Å². The summed E-state index contributed by atoms with van der Waals surface area (Å²) >= 11 is 0. The number of carbonyl (C=O) groups excluding carboxylic acids is 1. The Labute approximate surface area is 110 Å². The van der Waals surface area contributed by atoms with Crippen molar-refractivity contribution in [1.82, 2.24) is 10.2 Å². The van der Waals surface area contributed by atoms with Gasteiger partial charge >= 0.3 is 0 Å². The highest BCUT2D eigenvalue weighted by Gasteiger charge is 2.38. The summed E-state index contributed by atoms with van der Waals surface area (Å²) in [5.41, 5.74) is 0. The van der Waals surface area contributed by atoms with Gasteiger partial charge in [0.2, 0.25) is 5.91 Å². The van der Waals surface area contributed by atoms with E-state index in [4.69, 9.17) is 0 Å². The van der Waals surface area contributed by atoms with Crippen LogP contribution in [0, 0.1) is 17.8 Å². The number of amides is 1. The molecule has 1 aliphatic heterocycles. The van der Waals surface area contributed by atoms with Gasteiger partial charge in [-0.15, -0.1) is 0 Å². The monoisotopic (exact) mass is 250 g/mol. The van der Waals surface area contributed by atoms with Crippen LogP contribution in [0.2, 0.25) is 0 Å². The Hall–Kier alpha value is -0.570. The van der Waals surface area contributed by atoms with Crippen molar-refractivity contribution < 1.29 is 4.79 Å². The van der Waals surface area contributed by atoms with Crippen LogP contribution >= 0.6 is 0 Å². The SMILES string of the molecule is O=C(CCNCC1CC2CCC1C2)N1CCCC1. The first-order chi connectivity index (χ1) is 8.83. The maximum atomic E-state index is 11.9. The van der Waals surface area contributed by atoms with Crippen molar-refractivity contribution in [2.75, 3.05) is 26.2 Å². The lowest BCUT2D eigenvalue weighted by Gasteiger charge is -2.22. The van der Waals surface area contributed by atoms with E-state index < -0.39 is 0 Å². The summed E-state index contributed by atoms with van der Waals surface area (Å²) in [6.07, 6.45) is 8.96. The van der Waals surface area contributed by atoms with Crippen LogP contribution in [0.15, 0.2) is 0 Å². The van der Waals surface area contributed by atoms with Gasteiger partial charge in [0.15, 0.2) is 0 Å². The molecule has 18 heavy (non-hydrogen) atoms. The second kappa shape index (κ2) is 5.60. The first-order valence-corrected chi connectivity index (χ1v) is 7.81. The van der Waals surface area contributed by atoms with Crippen LogP contribution in [0.5, 0.6) is 0 Å². The van der Waals surface area contributed by atoms with Crippen molar-refractivity contribution in [1.29, 1.82) is 0 Å². The number of fused-ring (bicyclic) bond motifs is 2. The van der Waals surface area contributed by atoms with E-state index in [-0.39, 0.29) is 0 Å². The maximum Gasteiger partial charge on any atom is 0.223 e. The lowest BCUT2D eigenvalue weighted by molar-refractivity contribution is -0.130. The van der Waals surface area contributed by atoms with E-state index in [0.29, 0.717) is 12.3 Å². The van der Waals surface area contributed by atoms with Gasteiger partial charge in [-0.1, -0.05) is 6.42 Å². The van der Waals surface area contributed by atoms with Crippen LogP contribution in [0.4, 0.5) is 0 Å². The molecule has 3 aliphatic rings. The Morgan fingerprint density at radius 2 is 2.00 bits per heavy atom. The van der Waals surface area contributed by atoms with E-state index in [0.717, 1.165) is 43.9 Å². The van der Waals surface area contributed by atoms with Gasteiger partial charge in [-0.25, -0.2) is 0 Å². The third-order valence-electron chi connectivity index (χ3n) is 5.27. The van der Waals surface area contributed by atoms with E-state index in [9.17, 15) is 4.79 Å². The highest BCUT2D eigenvalue weighted by atomic mass is 16.2. The molecule has 0 aromatic rings. The van der Waals surface area contributed by atoms with E-state index in [2.05, 4.69) is 5.32 Å². The molecule has 1 N–H and O–H groups in total. The van der Waals surface area contributed by atoms with E-state index in [1.165, 1.54) is 38.5 Å². The van der Waals surface area contributed by atoms with Crippen molar-refractivity contribution in [2.24, 2.45) is 17.8 Å². The Bertz CT molecular complexity index is 299. The molecule has 102 valence electrons. The number of carbonyl (C=O) groups is 1. The van der Waals surface area contributed by atoms with Gasteiger partial charge in [0.25, 0.3) is 0 Å². The molecule has 0 spiro atoms. The predicted octanol–water partition coefficient (Wildman–Crippen LogP) is 2.02. The molecule has 3 heteroatoms. The molecule has 1 amide bonds. The fraction of sp³-hybridized carbons (Fsp3) is 0.933. The number of hydrogen-bond donors (Lipinski definition) is 1. The lowest BCUT2D eigenvalue weighted by Crippen LogP contribution is -2.33. The molecule has 2 bridgehead atoms. The Morgan fingerprint density at radius 1 is 1.17 bits per heavy atom. The largest absolute Gasteiger partial charge is 0.343 e. The van der Waals surface area contributed by atoms with E-state index in [1.807, 2.05) is 4.90 Å². The second-order valence-corrected chi connectivity index (χ2v) is 6.48. The molecule has 0 radical (unpaired) electrons. The zero-order chi connectivity index (χ0) is 12.4. The van der Waals surface area contributed by atoms with Gasteiger partial charge in [0.05, 0.1) is 0 Å². The van der Waals surface area contributed by atoms with E-state index >= 15 is 0 Å². The maximum absolute atomic E-state index is 11.9. The quantitative estimate of drug-likeness (QED) is 0.757. The van der Waals surface area contributed by atoms with Crippen molar-refractivity contribution in [3.05, 3.63) is 0 Å². The fourth-order valence-corrected chi connectivity index (χ4v) is 4.23. The predicted molar refractivity (Wildman–Crippen MR) is 72.2 cm³/mol. The number of likely N-dealkylation sites (tertiary alicyclic amines) is 1. The summed E-state index contributed by atoms with van der Waals surface area (Å²) in [4.78, 5) is 13.9. The third-order valence-corrected chi connectivity index (χ3v) is 5.27. The van der Waals surface area contributed by atoms with Crippen molar-refractivity contribution in [3.8, 4) is 0 Å². The number of hydrogen-bond acceptors (Lipinski definition) is 2. The van der Waals surface area contributed by atoms with Crippen molar-refractivity contribution in [3.63, 3.8) is 0 Å². The molecule has 0 aromatic heterocycles. The standard InChI is InChI=1S/C15H26N2O/c18-15(17-7-1-2-8-17)5-6-16-11-14-10-12-3-4-13(14)9-12/h12-14,16H,1-11H2. The van der Waals surface area contributed by atoms with Crippen LogP contribution < -0.4 is 5.32 Å². The highest BCUT2D eigenvalue weighted by molar-refractivity contribution is 5.76. The summed E-state index contributed by atoms with van der Waals surface area (Å²) < 4.78 is 0. The number of nitrogens with one attached hydrogen (secondary N) is 1. The molecule has 3 unspecified atom stereocenters. The molecular formula is C15H26N2O. The Kier molecular flexibility index (Phi) is 3.88. The molecule has 3 atom stereocenters. The van der Waals surface area contributed by atoms with Crippen LogP contribution in [0.25, 0.3) is 0 Å². The minimum atomic E-state index is 0.355. The summed E-state index contributed by atoms with van der Waals surface area (Å²) in [7, 11) is 0. The first-order valence-electron chi connectivity index (χ1n) is 7.81. The second-order valence-electron chi connectivity index (χ2n) is 6.48. The van der Waals surface area contributed by atoms with E-state index in [1.54, 1.807) is 0 Å². The molecule has 3 rings (SSSR count). The normalized spacial score (nSPS) is 34.4. The minimum Gasteiger partial charge on any atom is -0.343 e. The molecule has 2 saturated carbocycles. The molecule has 1 heterocycles. The zero-order valence-corrected chi connectivity index (χ0v) is 11.4. The fourth-order valence-electron chi connectivity index (χ4n) is 4.23. The Morgan fingerprint density at radius 3 is 2.67 bits per heavy atom. The average Bonchev–Trinajstić information content (AvgIpc) is 3.09. The van der Waals surface area contributed by atoms with Crippen LogP contribution in [0.1, 0.15) is 44.9 Å². The molecule has 2 aliphatic carbocycles.